The number of ether oxygens (including phenoxy) is 2. The van der Waals surface area contributed by atoms with Crippen molar-refractivity contribution in [3.8, 4) is 11.5 Å². The van der Waals surface area contributed by atoms with E-state index in [2.05, 4.69) is 0 Å². The van der Waals surface area contributed by atoms with E-state index in [9.17, 15) is 14.0 Å². The van der Waals surface area contributed by atoms with E-state index in [0.717, 1.165) is 0 Å². The van der Waals surface area contributed by atoms with Gasteiger partial charge in [0.25, 0.3) is 0 Å². The van der Waals surface area contributed by atoms with Crippen LogP contribution in [0.15, 0.2) is 70.8 Å². The largest absolute Gasteiger partial charge is 0.452 e. The van der Waals surface area contributed by atoms with Gasteiger partial charge in [0, 0.05) is 16.5 Å². The zero-order valence-electron chi connectivity index (χ0n) is 16.6. The van der Waals surface area contributed by atoms with Crippen LogP contribution < -0.4 is 9.47 Å². The molecule has 32 heavy (non-hydrogen) atoms. The third-order valence-corrected chi connectivity index (χ3v) is 5.22. The third-order valence-electron chi connectivity index (χ3n) is 4.98. The van der Waals surface area contributed by atoms with Crippen molar-refractivity contribution in [2.45, 2.75) is 6.92 Å². The molecule has 0 spiro atoms. The van der Waals surface area contributed by atoms with Crippen LogP contribution in [0.1, 0.15) is 32.0 Å². The SMILES string of the molecule is Cc1cc(OC(=O)c2cc3cc(Cl)ccc3o2)cc2c1C(=O)/C(=C/c1cccc(F)c1)O2. The number of Topliss-reactive ketones (excluding diaryl/α,β-unsaturated/α-hetero) is 1. The molecule has 5 rings (SSSR count). The van der Waals surface area contributed by atoms with Gasteiger partial charge in [-0.25, -0.2) is 9.18 Å². The zero-order chi connectivity index (χ0) is 22.4. The highest BCUT2D eigenvalue weighted by Crippen LogP contribution is 2.38. The fourth-order valence-electron chi connectivity index (χ4n) is 3.56. The van der Waals surface area contributed by atoms with Crippen LogP contribution in [-0.4, -0.2) is 11.8 Å². The van der Waals surface area contributed by atoms with Crippen molar-refractivity contribution in [3.05, 3.63) is 99.7 Å². The maximum atomic E-state index is 13.4. The summed E-state index contributed by atoms with van der Waals surface area (Å²) in [6.07, 6.45) is 1.47. The number of esters is 1. The summed E-state index contributed by atoms with van der Waals surface area (Å²) in [5.74, 6) is -0.900. The van der Waals surface area contributed by atoms with Crippen molar-refractivity contribution in [2.24, 2.45) is 0 Å². The summed E-state index contributed by atoms with van der Waals surface area (Å²) in [4.78, 5) is 25.3. The molecule has 0 N–H and O–H groups in total. The van der Waals surface area contributed by atoms with E-state index in [-0.39, 0.29) is 28.8 Å². The molecule has 0 saturated carbocycles. The minimum atomic E-state index is -0.698. The Kier molecular flexibility index (Phi) is 4.79. The summed E-state index contributed by atoms with van der Waals surface area (Å²) < 4.78 is 30.1. The molecule has 1 aliphatic heterocycles. The molecule has 0 atom stereocenters. The Balaban J connectivity index is 1.42. The fraction of sp³-hybridized carbons (Fsp3) is 0.0400. The van der Waals surface area contributed by atoms with Crippen molar-refractivity contribution >= 4 is 40.4 Å². The summed E-state index contributed by atoms with van der Waals surface area (Å²) in [6, 6.07) is 15.4. The first kappa shape index (κ1) is 20.0. The molecule has 0 aliphatic carbocycles. The second kappa shape index (κ2) is 7.66. The second-order valence-electron chi connectivity index (χ2n) is 7.29. The van der Waals surface area contributed by atoms with Crippen molar-refractivity contribution in [1.29, 1.82) is 0 Å². The number of aryl methyl sites for hydroxylation is 1. The average molecular weight is 449 g/mol. The van der Waals surface area contributed by atoms with Gasteiger partial charge >= 0.3 is 5.97 Å². The van der Waals surface area contributed by atoms with E-state index in [1.165, 1.54) is 24.3 Å². The lowest BCUT2D eigenvalue weighted by Crippen LogP contribution is -2.07. The average Bonchev–Trinajstić information content (AvgIpc) is 3.29. The van der Waals surface area contributed by atoms with Gasteiger partial charge in [-0.05, 0) is 66.6 Å². The maximum Gasteiger partial charge on any atom is 0.379 e. The van der Waals surface area contributed by atoms with Gasteiger partial charge in [0.2, 0.25) is 11.5 Å². The van der Waals surface area contributed by atoms with Crippen LogP contribution >= 0.6 is 11.6 Å². The van der Waals surface area contributed by atoms with E-state index in [4.69, 9.17) is 25.5 Å². The van der Waals surface area contributed by atoms with E-state index in [1.54, 1.807) is 49.4 Å². The lowest BCUT2D eigenvalue weighted by Gasteiger charge is -2.06. The van der Waals surface area contributed by atoms with E-state index in [0.29, 0.717) is 32.7 Å². The highest BCUT2D eigenvalue weighted by Gasteiger charge is 2.30. The number of ketones is 1. The van der Waals surface area contributed by atoms with Gasteiger partial charge in [0.15, 0.2) is 5.76 Å². The first-order valence-electron chi connectivity index (χ1n) is 9.63. The predicted molar refractivity (Wildman–Crippen MR) is 117 cm³/mol. The Bertz CT molecular complexity index is 1450. The number of furan rings is 1. The molecule has 3 aromatic carbocycles. The van der Waals surface area contributed by atoms with Crippen LogP contribution in [0.2, 0.25) is 5.02 Å². The number of rotatable bonds is 3. The summed E-state index contributed by atoms with van der Waals surface area (Å²) in [5.41, 5.74) is 1.95. The molecule has 0 bridgehead atoms. The zero-order valence-corrected chi connectivity index (χ0v) is 17.4. The van der Waals surface area contributed by atoms with Crippen molar-refractivity contribution < 1.29 is 27.9 Å². The van der Waals surface area contributed by atoms with Gasteiger partial charge in [-0.2, -0.15) is 0 Å². The van der Waals surface area contributed by atoms with E-state index in [1.807, 2.05) is 0 Å². The fourth-order valence-corrected chi connectivity index (χ4v) is 3.74. The minimum absolute atomic E-state index is 0.0177. The molecule has 7 heteroatoms. The van der Waals surface area contributed by atoms with E-state index >= 15 is 0 Å². The highest BCUT2D eigenvalue weighted by atomic mass is 35.5. The van der Waals surface area contributed by atoms with Crippen LogP contribution in [0.5, 0.6) is 11.5 Å². The number of fused-ring (bicyclic) bond motifs is 2. The molecule has 0 fully saturated rings. The smallest absolute Gasteiger partial charge is 0.379 e. The molecule has 0 saturated heterocycles. The Morgan fingerprint density at radius 1 is 1.09 bits per heavy atom. The molecule has 1 aromatic heterocycles. The molecule has 158 valence electrons. The molecule has 0 radical (unpaired) electrons. The number of hydrogen-bond donors (Lipinski definition) is 0. The number of benzene rings is 3. The van der Waals surface area contributed by atoms with Gasteiger partial charge in [0.05, 0.1) is 5.56 Å². The summed E-state index contributed by atoms with van der Waals surface area (Å²) in [5, 5.41) is 1.20. The van der Waals surface area contributed by atoms with Crippen molar-refractivity contribution in [2.75, 3.05) is 0 Å². The molecule has 1 aliphatic rings. The standard InChI is InChI=1S/C25H14ClFO5/c1-13-7-18(30-25(29)22-11-15-10-16(26)5-6-19(15)31-22)12-20-23(13)24(28)21(32-20)9-14-3-2-4-17(27)8-14/h2-12H,1H3/b21-9-. The lowest BCUT2D eigenvalue weighted by molar-refractivity contribution is 0.0703. The molecule has 0 unspecified atom stereocenters. The van der Waals surface area contributed by atoms with Crippen LogP contribution in [0.3, 0.4) is 0 Å². The molecule has 0 amide bonds. The van der Waals surface area contributed by atoms with Crippen LogP contribution in [0, 0.1) is 12.7 Å². The maximum absolute atomic E-state index is 13.4. The second-order valence-corrected chi connectivity index (χ2v) is 7.73. The topological polar surface area (TPSA) is 65.7 Å². The number of carbonyl (C=O) groups is 2. The van der Waals surface area contributed by atoms with Gasteiger partial charge in [0.1, 0.15) is 22.9 Å². The predicted octanol–water partition coefficient (Wildman–Crippen LogP) is 6.37. The molecular formula is C25H14ClFO5. The monoisotopic (exact) mass is 448 g/mol. The minimum Gasteiger partial charge on any atom is -0.452 e. The lowest BCUT2D eigenvalue weighted by atomic mass is 10.0. The van der Waals surface area contributed by atoms with Gasteiger partial charge in [-0.3, -0.25) is 4.79 Å². The quantitative estimate of drug-likeness (QED) is 0.207. The molecular weight excluding hydrogens is 435 g/mol. The molecule has 5 nitrogen and oxygen atoms in total. The van der Waals surface area contributed by atoms with Crippen LogP contribution in [-0.2, 0) is 0 Å². The summed E-state index contributed by atoms with van der Waals surface area (Å²) in [6.45, 7) is 1.71. The molecule has 4 aromatic rings. The third kappa shape index (κ3) is 3.65. The molecule has 2 heterocycles. The number of halogens is 2. The normalized spacial score (nSPS) is 14.0. The van der Waals surface area contributed by atoms with Crippen molar-refractivity contribution in [1.82, 2.24) is 0 Å². The Morgan fingerprint density at radius 3 is 2.75 bits per heavy atom. The van der Waals surface area contributed by atoms with Crippen LogP contribution in [0.25, 0.3) is 17.0 Å². The summed E-state index contributed by atoms with van der Waals surface area (Å²) in [7, 11) is 0. The number of hydrogen-bond acceptors (Lipinski definition) is 5. The van der Waals surface area contributed by atoms with Gasteiger partial charge < -0.3 is 13.9 Å². The van der Waals surface area contributed by atoms with Crippen molar-refractivity contribution in [3.63, 3.8) is 0 Å². The van der Waals surface area contributed by atoms with Crippen LogP contribution in [0.4, 0.5) is 4.39 Å². The Morgan fingerprint density at radius 2 is 1.94 bits per heavy atom. The highest BCUT2D eigenvalue weighted by molar-refractivity contribution is 6.31. The first-order valence-corrected chi connectivity index (χ1v) is 10.0. The number of allylic oxidation sites excluding steroid dienone is 1. The van der Waals surface area contributed by atoms with Gasteiger partial charge in [-0.15, -0.1) is 0 Å². The number of carbonyl (C=O) groups excluding carboxylic acids is 2. The summed E-state index contributed by atoms with van der Waals surface area (Å²) >= 11 is 5.97. The first-order chi connectivity index (χ1) is 15.4. The Labute approximate surface area is 186 Å². The Hall–Kier alpha value is -3.90. The van der Waals surface area contributed by atoms with E-state index < -0.39 is 11.8 Å². The van der Waals surface area contributed by atoms with Gasteiger partial charge in [-0.1, -0.05) is 23.7 Å².